The highest BCUT2D eigenvalue weighted by Crippen LogP contribution is 2.26. The largest absolute Gasteiger partial charge is 0.399 e. The lowest BCUT2D eigenvalue weighted by molar-refractivity contribution is 0.103. The molecule has 3 N–H and O–H groups in total. The lowest BCUT2D eigenvalue weighted by Crippen LogP contribution is -2.06. The van der Waals surface area contributed by atoms with Crippen LogP contribution >= 0.6 is 11.6 Å². The van der Waals surface area contributed by atoms with E-state index in [0.717, 1.165) is 5.52 Å². The monoisotopic (exact) mass is 302 g/mol. The Labute approximate surface area is 125 Å². The van der Waals surface area contributed by atoms with Crippen LogP contribution in [0.25, 0.3) is 10.9 Å². The van der Waals surface area contributed by atoms with Gasteiger partial charge in [0.2, 0.25) is 0 Å². The highest BCUT2D eigenvalue weighted by Gasteiger charge is 2.19. The standard InChI is InChI=1S/C16H12ClFN2O/c1-8-4-10(19)6-12(15(8)18)16(21)13-7-20-14-5-9(17)2-3-11(13)14/h2-7,20H,19H2,1H3. The number of fused-ring (bicyclic) bond motifs is 1. The van der Waals surface area contributed by atoms with Gasteiger partial charge in [-0.05, 0) is 36.8 Å². The van der Waals surface area contributed by atoms with Crippen molar-refractivity contribution in [2.45, 2.75) is 6.92 Å². The number of hydrogen-bond donors (Lipinski definition) is 2. The van der Waals surface area contributed by atoms with Gasteiger partial charge < -0.3 is 10.7 Å². The summed E-state index contributed by atoms with van der Waals surface area (Å²) >= 11 is 5.91. The molecule has 1 heterocycles. The van der Waals surface area contributed by atoms with E-state index in [2.05, 4.69) is 4.98 Å². The van der Waals surface area contributed by atoms with E-state index in [-0.39, 0.29) is 5.56 Å². The van der Waals surface area contributed by atoms with Gasteiger partial charge in [0.15, 0.2) is 5.78 Å². The minimum Gasteiger partial charge on any atom is -0.399 e. The van der Waals surface area contributed by atoms with E-state index in [0.29, 0.717) is 27.2 Å². The average Bonchev–Trinajstić information content (AvgIpc) is 2.84. The Balaban J connectivity index is 2.17. The van der Waals surface area contributed by atoms with Crippen molar-refractivity contribution in [2.75, 3.05) is 5.73 Å². The van der Waals surface area contributed by atoms with Crippen LogP contribution in [-0.2, 0) is 0 Å². The predicted octanol–water partition coefficient (Wildman–Crippen LogP) is 4.08. The second-order valence-corrected chi connectivity index (χ2v) is 5.36. The number of aromatic nitrogens is 1. The van der Waals surface area contributed by atoms with Gasteiger partial charge in [0.25, 0.3) is 0 Å². The summed E-state index contributed by atoms with van der Waals surface area (Å²) in [6.07, 6.45) is 1.56. The molecule has 3 nitrogen and oxygen atoms in total. The number of ketones is 1. The molecule has 3 rings (SSSR count). The van der Waals surface area contributed by atoms with Crippen molar-refractivity contribution < 1.29 is 9.18 Å². The van der Waals surface area contributed by atoms with Gasteiger partial charge in [-0.2, -0.15) is 0 Å². The number of rotatable bonds is 2. The number of benzene rings is 2. The number of nitrogens with one attached hydrogen (secondary N) is 1. The van der Waals surface area contributed by atoms with E-state index in [9.17, 15) is 9.18 Å². The normalized spacial score (nSPS) is 11.0. The number of carbonyl (C=O) groups is 1. The lowest BCUT2D eigenvalue weighted by Gasteiger charge is -2.06. The molecular weight excluding hydrogens is 291 g/mol. The molecule has 0 saturated heterocycles. The molecule has 0 radical (unpaired) electrons. The van der Waals surface area contributed by atoms with Gasteiger partial charge in [0.05, 0.1) is 5.56 Å². The van der Waals surface area contributed by atoms with Crippen LogP contribution in [0.3, 0.4) is 0 Å². The summed E-state index contributed by atoms with van der Waals surface area (Å²) in [5, 5.41) is 1.26. The van der Waals surface area contributed by atoms with Gasteiger partial charge in [0, 0.05) is 33.4 Å². The molecular formula is C16H12ClFN2O. The number of H-pyrrole nitrogens is 1. The Hall–Kier alpha value is -2.33. The first kappa shape index (κ1) is 13.6. The van der Waals surface area contributed by atoms with Gasteiger partial charge in [-0.3, -0.25) is 4.79 Å². The topological polar surface area (TPSA) is 58.9 Å². The van der Waals surface area contributed by atoms with Gasteiger partial charge in [0.1, 0.15) is 5.82 Å². The van der Waals surface area contributed by atoms with Crippen LogP contribution in [0.15, 0.2) is 36.5 Å². The summed E-state index contributed by atoms with van der Waals surface area (Å²) in [7, 11) is 0. The van der Waals surface area contributed by atoms with Crippen LogP contribution in [0.5, 0.6) is 0 Å². The van der Waals surface area contributed by atoms with Crippen molar-refractivity contribution in [3.05, 3.63) is 64.1 Å². The molecule has 0 unspecified atom stereocenters. The van der Waals surface area contributed by atoms with E-state index in [1.54, 1.807) is 31.3 Å². The second-order valence-electron chi connectivity index (χ2n) is 4.92. The van der Waals surface area contributed by atoms with E-state index in [1.165, 1.54) is 12.1 Å². The third-order valence-corrected chi connectivity index (χ3v) is 3.65. The number of aryl methyl sites for hydroxylation is 1. The van der Waals surface area contributed by atoms with E-state index >= 15 is 0 Å². The summed E-state index contributed by atoms with van der Waals surface area (Å²) in [4.78, 5) is 15.6. The van der Waals surface area contributed by atoms with Crippen molar-refractivity contribution >= 4 is 34.0 Å². The molecule has 0 atom stereocenters. The quantitative estimate of drug-likeness (QED) is 0.553. The molecule has 0 aliphatic carbocycles. The maximum absolute atomic E-state index is 14.2. The predicted molar refractivity (Wildman–Crippen MR) is 82.3 cm³/mol. The van der Waals surface area contributed by atoms with Gasteiger partial charge >= 0.3 is 0 Å². The molecule has 21 heavy (non-hydrogen) atoms. The summed E-state index contributed by atoms with van der Waals surface area (Å²) in [6.45, 7) is 1.58. The van der Waals surface area contributed by atoms with E-state index in [4.69, 9.17) is 17.3 Å². The molecule has 0 saturated carbocycles. The summed E-state index contributed by atoms with van der Waals surface area (Å²) in [5.74, 6) is -0.950. The molecule has 0 spiro atoms. The van der Waals surface area contributed by atoms with Crippen molar-refractivity contribution in [2.24, 2.45) is 0 Å². The van der Waals surface area contributed by atoms with Crippen molar-refractivity contribution in [1.82, 2.24) is 4.98 Å². The smallest absolute Gasteiger partial charge is 0.198 e. The summed E-state index contributed by atoms with van der Waals surface area (Å²) in [5.41, 5.74) is 7.52. The first-order chi connectivity index (χ1) is 9.97. The van der Waals surface area contributed by atoms with Crippen molar-refractivity contribution in [3.63, 3.8) is 0 Å². The Morgan fingerprint density at radius 2 is 2.00 bits per heavy atom. The Morgan fingerprint density at radius 1 is 1.24 bits per heavy atom. The number of nitrogens with two attached hydrogens (primary N) is 1. The van der Waals surface area contributed by atoms with E-state index < -0.39 is 11.6 Å². The fourth-order valence-electron chi connectivity index (χ4n) is 2.39. The highest BCUT2D eigenvalue weighted by molar-refractivity contribution is 6.31. The van der Waals surface area contributed by atoms with Gasteiger partial charge in [-0.1, -0.05) is 17.7 Å². The number of halogens is 2. The molecule has 106 valence electrons. The zero-order chi connectivity index (χ0) is 15.1. The molecule has 3 aromatic rings. The second kappa shape index (κ2) is 4.90. The number of anilines is 1. The van der Waals surface area contributed by atoms with Crippen LogP contribution in [0.2, 0.25) is 5.02 Å². The molecule has 0 bridgehead atoms. The molecule has 0 aliphatic rings. The number of carbonyl (C=O) groups excluding carboxylic acids is 1. The zero-order valence-electron chi connectivity index (χ0n) is 11.2. The summed E-state index contributed by atoms with van der Waals surface area (Å²) in [6, 6.07) is 8.00. The van der Waals surface area contributed by atoms with Gasteiger partial charge in [-0.15, -0.1) is 0 Å². The first-order valence-electron chi connectivity index (χ1n) is 6.34. The maximum atomic E-state index is 14.2. The minimum absolute atomic E-state index is 0.0247. The van der Waals surface area contributed by atoms with E-state index in [1.807, 2.05) is 0 Å². The minimum atomic E-state index is -0.544. The molecule has 0 amide bonds. The van der Waals surface area contributed by atoms with Crippen LogP contribution in [0.4, 0.5) is 10.1 Å². The van der Waals surface area contributed by atoms with Gasteiger partial charge in [-0.25, -0.2) is 4.39 Å². The molecule has 0 fully saturated rings. The Morgan fingerprint density at radius 3 is 2.76 bits per heavy atom. The lowest BCUT2D eigenvalue weighted by atomic mass is 9.99. The first-order valence-corrected chi connectivity index (χ1v) is 6.72. The molecule has 1 aromatic heterocycles. The summed E-state index contributed by atoms with van der Waals surface area (Å²) < 4.78 is 14.2. The molecule has 0 aliphatic heterocycles. The number of hydrogen-bond acceptors (Lipinski definition) is 2. The molecule has 2 aromatic carbocycles. The van der Waals surface area contributed by atoms with Crippen LogP contribution < -0.4 is 5.73 Å². The Bertz CT molecular complexity index is 870. The SMILES string of the molecule is Cc1cc(N)cc(C(=O)c2c[nH]c3cc(Cl)ccc23)c1F. The zero-order valence-corrected chi connectivity index (χ0v) is 12.0. The Kier molecular flexibility index (Phi) is 3.18. The third kappa shape index (κ3) is 2.28. The van der Waals surface area contributed by atoms with Crippen molar-refractivity contribution in [1.29, 1.82) is 0 Å². The van der Waals surface area contributed by atoms with Crippen LogP contribution in [0, 0.1) is 12.7 Å². The van der Waals surface area contributed by atoms with Crippen LogP contribution in [0.1, 0.15) is 21.5 Å². The van der Waals surface area contributed by atoms with Crippen molar-refractivity contribution in [3.8, 4) is 0 Å². The number of nitrogen functional groups attached to an aromatic ring is 1. The molecule has 5 heteroatoms. The highest BCUT2D eigenvalue weighted by atomic mass is 35.5. The average molecular weight is 303 g/mol. The fourth-order valence-corrected chi connectivity index (χ4v) is 2.57. The maximum Gasteiger partial charge on any atom is 0.198 e. The fraction of sp³-hybridized carbons (Fsp3) is 0.0625. The number of aromatic amines is 1. The third-order valence-electron chi connectivity index (χ3n) is 3.41. The van der Waals surface area contributed by atoms with Crippen LogP contribution in [-0.4, -0.2) is 10.8 Å².